The van der Waals surface area contributed by atoms with E-state index in [1.165, 1.54) is 11.1 Å². The summed E-state index contributed by atoms with van der Waals surface area (Å²) in [6.45, 7) is 18.7. The van der Waals surface area contributed by atoms with E-state index < -0.39 is 0 Å². The lowest BCUT2D eigenvalue weighted by molar-refractivity contribution is 0.307. The number of rotatable bonds is 6. The molecule has 4 aromatic carbocycles. The Morgan fingerprint density at radius 3 is 1.04 bits per heavy atom. The van der Waals surface area contributed by atoms with E-state index in [1.54, 1.807) is 12.1 Å². The Hall–Kier alpha value is -4.32. The number of phenols is 2. The van der Waals surface area contributed by atoms with Gasteiger partial charge in [-0.3, -0.25) is 0 Å². The molecule has 0 saturated heterocycles. The number of aromatic hydroxyl groups is 2. The van der Waals surface area contributed by atoms with Crippen molar-refractivity contribution in [1.82, 2.24) is 0 Å². The molecular weight excluding hydrogens is 596 g/mol. The Morgan fingerprint density at radius 1 is 0.500 bits per heavy atom. The molecule has 48 heavy (non-hydrogen) atoms. The first kappa shape index (κ1) is 35.0. The maximum absolute atomic E-state index is 11.7. The molecule has 0 fully saturated rings. The molecule has 5 rings (SSSR count). The summed E-state index contributed by atoms with van der Waals surface area (Å²) >= 11 is 0. The molecule has 0 spiro atoms. The van der Waals surface area contributed by atoms with Crippen LogP contribution in [0, 0.1) is 0 Å². The van der Waals surface area contributed by atoms with Crippen LogP contribution < -0.4 is 20.9 Å². The third-order valence-electron chi connectivity index (χ3n) is 9.22. The summed E-state index contributed by atoms with van der Waals surface area (Å²) in [6.07, 6.45) is 3.46. The van der Waals surface area contributed by atoms with E-state index in [1.807, 2.05) is 12.1 Å². The lowest BCUT2D eigenvalue weighted by atomic mass is 9.81. The van der Waals surface area contributed by atoms with Gasteiger partial charge in [0.15, 0.2) is 0 Å². The standard InChI is InChI=1S/C42H54N2O4/c1-9-11-47-39-29-14-27-23-35(43)21-25(37(27)45)13-26-22-36(44)24-28(38(26)46)15-30-18-34(42(6,7)8)20-32(40(30)48-12-10-2)16-31(39)19-33(17-29)41(3,4)5/h17-24,45-46H,9-16,43-44H2,1-8H3. The second kappa shape index (κ2) is 13.7. The summed E-state index contributed by atoms with van der Waals surface area (Å²) in [5, 5.41) is 23.4. The first-order valence-electron chi connectivity index (χ1n) is 17.4. The maximum atomic E-state index is 11.7. The highest BCUT2D eigenvalue weighted by atomic mass is 16.5. The molecule has 6 N–H and O–H groups in total. The number of ether oxygens (including phenoxy) is 2. The molecule has 0 radical (unpaired) electrons. The van der Waals surface area contributed by atoms with Gasteiger partial charge in [0.2, 0.25) is 0 Å². The largest absolute Gasteiger partial charge is 0.507 e. The lowest BCUT2D eigenvalue weighted by Crippen LogP contribution is -2.16. The van der Waals surface area contributed by atoms with Crippen LogP contribution in [0.25, 0.3) is 0 Å². The molecule has 0 heterocycles. The molecule has 0 aliphatic heterocycles. The quantitative estimate of drug-likeness (QED) is 0.108. The van der Waals surface area contributed by atoms with E-state index in [2.05, 4.69) is 79.7 Å². The molecule has 1 aliphatic rings. The Kier molecular flexibility index (Phi) is 9.96. The van der Waals surface area contributed by atoms with Gasteiger partial charge in [-0.1, -0.05) is 79.7 Å². The van der Waals surface area contributed by atoms with Crippen LogP contribution in [-0.4, -0.2) is 23.4 Å². The van der Waals surface area contributed by atoms with Crippen LogP contribution in [0.4, 0.5) is 11.4 Å². The lowest BCUT2D eigenvalue weighted by Gasteiger charge is -2.27. The van der Waals surface area contributed by atoms with Crippen LogP contribution in [-0.2, 0) is 36.5 Å². The number of anilines is 2. The van der Waals surface area contributed by atoms with Crippen LogP contribution >= 0.6 is 0 Å². The number of benzene rings is 4. The number of hydrogen-bond acceptors (Lipinski definition) is 6. The van der Waals surface area contributed by atoms with Gasteiger partial charge in [-0.15, -0.1) is 0 Å². The van der Waals surface area contributed by atoms with E-state index in [9.17, 15) is 10.2 Å². The Labute approximate surface area is 287 Å². The predicted molar refractivity (Wildman–Crippen MR) is 198 cm³/mol. The predicted octanol–water partition coefficient (Wildman–Crippen LogP) is 9.11. The second-order valence-electron chi connectivity index (χ2n) is 15.5. The number of fused-ring (bicyclic) bond motifs is 8. The van der Waals surface area contributed by atoms with E-state index in [0.29, 0.717) is 66.1 Å². The zero-order chi connectivity index (χ0) is 35.0. The van der Waals surface area contributed by atoms with Crippen LogP contribution in [0.15, 0.2) is 48.5 Å². The number of nitrogens with two attached hydrogens (primary N) is 2. The number of phenolic OH excluding ortho intramolecular Hbond substituents is 2. The van der Waals surface area contributed by atoms with Crippen LogP contribution in [0.3, 0.4) is 0 Å². The van der Waals surface area contributed by atoms with Gasteiger partial charge in [-0.2, -0.15) is 0 Å². The van der Waals surface area contributed by atoms with Crippen molar-refractivity contribution in [3.8, 4) is 23.0 Å². The van der Waals surface area contributed by atoms with Gasteiger partial charge in [-0.05, 0) is 81.3 Å². The summed E-state index contributed by atoms with van der Waals surface area (Å²) in [5.41, 5.74) is 23.0. The average Bonchev–Trinajstić information content (AvgIpc) is 2.99. The molecule has 6 heteroatoms. The molecule has 0 amide bonds. The van der Waals surface area contributed by atoms with Crippen LogP contribution in [0.1, 0.15) is 124 Å². The van der Waals surface area contributed by atoms with Crippen molar-refractivity contribution >= 4 is 11.4 Å². The van der Waals surface area contributed by atoms with Gasteiger partial charge in [0.25, 0.3) is 0 Å². The minimum atomic E-state index is -0.128. The van der Waals surface area contributed by atoms with Gasteiger partial charge in [-0.25, -0.2) is 0 Å². The fourth-order valence-electron chi connectivity index (χ4n) is 6.61. The molecule has 0 aromatic heterocycles. The summed E-state index contributed by atoms with van der Waals surface area (Å²) in [4.78, 5) is 0. The molecule has 1 aliphatic carbocycles. The molecular formula is C42H54N2O4. The maximum Gasteiger partial charge on any atom is 0.126 e. The normalized spacial score (nSPS) is 13.3. The van der Waals surface area contributed by atoms with E-state index in [-0.39, 0.29) is 28.7 Å². The van der Waals surface area contributed by atoms with Gasteiger partial charge in [0, 0.05) is 59.3 Å². The van der Waals surface area contributed by atoms with E-state index in [4.69, 9.17) is 20.9 Å². The Bertz CT molecular complexity index is 1680. The van der Waals surface area contributed by atoms with E-state index >= 15 is 0 Å². The fourth-order valence-corrected chi connectivity index (χ4v) is 6.61. The number of hydrogen-bond donors (Lipinski definition) is 4. The van der Waals surface area contributed by atoms with Gasteiger partial charge >= 0.3 is 0 Å². The van der Waals surface area contributed by atoms with Crippen LogP contribution in [0.5, 0.6) is 23.0 Å². The van der Waals surface area contributed by atoms with Crippen molar-refractivity contribution in [1.29, 1.82) is 0 Å². The molecule has 6 nitrogen and oxygen atoms in total. The van der Waals surface area contributed by atoms with Crippen molar-refractivity contribution in [2.45, 2.75) is 105 Å². The van der Waals surface area contributed by atoms with Gasteiger partial charge in [0.1, 0.15) is 23.0 Å². The highest BCUT2D eigenvalue weighted by Gasteiger charge is 2.26. The van der Waals surface area contributed by atoms with Crippen molar-refractivity contribution in [3.63, 3.8) is 0 Å². The highest BCUT2D eigenvalue weighted by molar-refractivity contribution is 5.62. The molecule has 0 atom stereocenters. The fraction of sp³-hybridized carbons (Fsp3) is 0.429. The molecule has 256 valence electrons. The second-order valence-corrected chi connectivity index (χ2v) is 15.5. The van der Waals surface area contributed by atoms with Crippen molar-refractivity contribution < 1.29 is 19.7 Å². The van der Waals surface area contributed by atoms with E-state index in [0.717, 1.165) is 46.6 Å². The third kappa shape index (κ3) is 7.53. The smallest absolute Gasteiger partial charge is 0.126 e. The Balaban J connectivity index is 1.89. The molecule has 0 saturated carbocycles. The van der Waals surface area contributed by atoms with Crippen molar-refractivity contribution in [3.05, 3.63) is 104 Å². The SMILES string of the molecule is CCCOc1c2cc(C(C)(C)C)cc1Cc1cc(C(C)(C)C)cc(c1OCCC)Cc1cc(N)cc(c1O)Cc1cc(N)cc(c1O)C2. The molecule has 8 bridgehead atoms. The van der Waals surface area contributed by atoms with Gasteiger partial charge < -0.3 is 31.2 Å². The monoisotopic (exact) mass is 650 g/mol. The average molecular weight is 651 g/mol. The zero-order valence-electron chi connectivity index (χ0n) is 30.1. The minimum Gasteiger partial charge on any atom is -0.507 e. The number of nitrogen functional groups attached to an aromatic ring is 2. The first-order chi connectivity index (χ1) is 22.6. The Morgan fingerprint density at radius 2 is 0.771 bits per heavy atom. The van der Waals surface area contributed by atoms with Crippen LogP contribution in [0.2, 0.25) is 0 Å². The zero-order valence-corrected chi connectivity index (χ0v) is 30.1. The molecule has 0 unspecified atom stereocenters. The highest BCUT2D eigenvalue weighted by Crippen LogP contribution is 2.42. The van der Waals surface area contributed by atoms with Crippen molar-refractivity contribution in [2.75, 3.05) is 24.7 Å². The first-order valence-corrected chi connectivity index (χ1v) is 17.4. The third-order valence-corrected chi connectivity index (χ3v) is 9.22. The minimum absolute atomic E-state index is 0.128. The van der Waals surface area contributed by atoms with Crippen molar-refractivity contribution in [2.24, 2.45) is 0 Å². The summed E-state index contributed by atoms with van der Waals surface area (Å²) in [5.74, 6) is 2.03. The van der Waals surface area contributed by atoms with Gasteiger partial charge in [0.05, 0.1) is 13.2 Å². The molecule has 4 aromatic rings. The summed E-state index contributed by atoms with van der Waals surface area (Å²) in [6, 6.07) is 16.3. The summed E-state index contributed by atoms with van der Waals surface area (Å²) < 4.78 is 13.3. The summed E-state index contributed by atoms with van der Waals surface area (Å²) in [7, 11) is 0. The topological polar surface area (TPSA) is 111 Å².